The standard InChI is InChI=1S/C24H23N7O4S/c1-26-23(32)20-13-19(10-11-27-20)35-18-8-6-16(7-9-18)30-24-28-14-21(36(2,33)34)22(31-24)29-17-5-3-4-15(25)12-17/h3-14H,25H2,1-2H3,(H,26,32)(H2,28,29,30,31). The van der Waals surface area contributed by atoms with Crippen molar-refractivity contribution in [2.24, 2.45) is 0 Å². The van der Waals surface area contributed by atoms with Gasteiger partial charge in [0.1, 0.15) is 22.1 Å². The smallest absolute Gasteiger partial charge is 0.269 e. The number of hydrogen-bond donors (Lipinski definition) is 4. The second-order valence-electron chi connectivity index (χ2n) is 7.64. The Morgan fingerprint density at radius 3 is 2.42 bits per heavy atom. The van der Waals surface area contributed by atoms with E-state index in [0.717, 1.165) is 6.26 Å². The number of nitrogens with one attached hydrogen (secondary N) is 3. The molecule has 184 valence electrons. The molecule has 0 saturated heterocycles. The number of benzene rings is 2. The van der Waals surface area contributed by atoms with Crippen molar-refractivity contribution < 1.29 is 17.9 Å². The van der Waals surface area contributed by atoms with Crippen LogP contribution in [0.5, 0.6) is 11.5 Å². The van der Waals surface area contributed by atoms with E-state index in [-0.39, 0.29) is 28.3 Å². The van der Waals surface area contributed by atoms with E-state index in [1.54, 1.807) is 54.6 Å². The second kappa shape index (κ2) is 10.3. The third-order valence-electron chi connectivity index (χ3n) is 4.84. The average molecular weight is 506 g/mol. The first-order chi connectivity index (χ1) is 17.2. The van der Waals surface area contributed by atoms with Crippen LogP contribution in [0.15, 0.2) is 78.0 Å². The van der Waals surface area contributed by atoms with Crippen LogP contribution < -0.4 is 26.4 Å². The summed E-state index contributed by atoms with van der Waals surface area (Å²) in [5.41, 5.74) is 7.81. The molecule has 2 aromatic heterocycles. The summed E-state index contributed by atoms with van der Waals surface area (Å²) in [6.45, 7) is 0. The molecule has 1 amide bonds. The summed E-state index contributed by atoms with van der Waals surface area (Å²) in [4.78, 5) is 24.2. The summed E-state index contributed by atoms with van der Waals surface area (Å²) in [5, 5.41) is 8.55. The van der Waals surface area contributed by atoms with Gasteiger partial charge < -0.3 is 26.4 Å². The van der Waals surface area contributed by atoms with Crippen LogP contribution in [0, 0.1) is 0 Å². The average Bonchev–Trinajstić information content (AvgIpc) is 2.84. The maximum atomic E-state index is 12.2. The number of amides is 1. The van der Waals surface area contributed by atoms with Crippen LogP contribution in [0.1, 0.15) is 10.5 Å². The minimum Gasteiger partial charge on any atom is -0.457 e. The van der Waals surface area contributed by atoms with E-state index in [1.165, 1.54) is 25.5 Å². The van der Waals surface area contributed by atoms with Gasteiger partial charge >= 0.3 is 0 Å². The molecule has 11 nitrogen and oxygen atoms in total. The first-order valence-corrected chi connectivity index (χ1v) is 12.5. The zero-order valence-electron chi connectivity index (χ0n) is 19.4. The number of pyridine rings is 1. The van der Waals surface area contributed by atoms with Gasteiger partial charge in [-0.3, -0.25) is 9.78 Å². The number of nitrogens with two attached hydrogens (primary N) is 1. The zero-order valence-corrected chi connectivity index (χ0v) is 20.2. The van der Waals surface area contributed by atoms with E-state index >= 15 is 0 Å². The highest BCUT2D eigenvalue weighted by atomic mass is 32.2. The second-order valence-corrected chi connectivity index (χ2v) is 9.62. The lowest BCUT2D eigenvalue weighted by molar-refractivity contribution is 0.0958. The van der Waals surface area contributed by atoms with Crippen molar-refractivity contribution in [2.75, 3.05) is 29.7 Å². The number of aromatic nitrogens is 3. The highest BCUT2D eigenvalue weighted by Gasteiger charge is 2.17. The van der Waals surface area contributed by atoms with Crippen LogP contribution in [0.25, 0.3) is 0 Å². The summed E-state index contributed by atoms with van der Waals surface area (Å²) in [6.07, 6.45) is 3.81. The van der Waals surface area contributed by atoms with Crippen molar-refractivity contribution in [1.29, 1.82) is 0 Å². The van der Waals surface area contributed by atoms with Crippen molar-refractivity contribution in [3.63, 3.8) is 0 Å². The number of carbonyl (C=O) groups excluding carboxylic acids is 1. The van der Waals surface area contributed by atoms with Gasteiger partial charge in [0.05, 0.1) is 6.20 Å². The zero-order chi connectivity index (χ0) is 25.7. The summed E-state index contributed by atoms with van der Waals surface area (Å²) in [7, 11) is -2.07. The molecule has 0 fully saturated rings. The van der Waals surface area contributed by atoms with Crippen molar-refractivity contribution in [1.82, 2.24) is 20.3 Å². The Kier molecular flexibility index (Phi) is 6.97. The van der Waals surface area contributed by atoms with E-state index < -0.39 is 9.84 Å². The molecule has 0 aliphatic heterocycles. The number of nitrogens with zero attached hydrogens (tertiary/aromatic N) is 3. The molecule has 0 bridgehead atoms. The highest BCUT2D eigenvalue weighted by Crippen LogP contribution is 2.27. The maximum absolute atomic E-state index is 12.2. The van der Waals surface area contributed by atoms with Gasteiger partial charge in [0.25, 0.3) is 5.91 Å². The molecule has 0 spiro atoms. The van der Waals surface area contributed by atoms with Crippen LogP contribution in [0.3, 0.4) is 0 Å². The predicted octanol–water partition coefficient (Wildman–Crippen LogP) is 3.50. The van der Waals surface area contributed by atoms with Gasteiger partial charge in [-0.25, -0.2) is 13.4 Å². The molecular weight excluding hydrogens is 482 g/mol. The van der Waals surface area contributed by atoms with E-state index in [9.17, 15) is 13.2 Å². The number of sulfone groups is 1. The Hall–Kier alpha value is -4.71. The Labute approximate surface area is 207 Å². The van der Waals surface area contributed by atoms with Gasteiger partial charge in [-0.05, 0) is 48.5 Å². The number of anilines is 5. The Balaban J connectivity index is 1.52. The number of carbonyl (C=O) groups is 1. The molecule has 5 N–H and O–H groups in total. The van der Waals surface area contributed by atoms with E-state index in [4.69, 9.17) is 10.5 Å². The third-order valence-corrected chi connectivity index (χ3v) is 5.94. The van der Waals surface area contributed by atoms with Gasteiger partial charge in [-0.2, -0.15) is 4.98 Å². The van der Waals surface area contributed by atoms with Crippen LogP contribution in [0.2, 0.25) is 0 Å². The summed E-state index contributed by atoms with van der Waals surface area (Å²) >= 11 is 0. The first-order valence-electron chi connectivity index (χ1n) is 10.6. The monoisotopic (exact) mass is 505 g/mol. The largest absolute Gasteiger partial charge is 0.457 e. The highest BCUT2D eigenvalue weighted by molar-refractivity contribution is 7.90. The molecule has 0 aliphatic rings. The lowest BCUT2D eigenvalue weighted by Crippen LogP contribution is -2.18. The molecule has 2 heterocycles. The SMILES string of the molecule is CNC(=O)c1cc(Oc2ccc(Nc3ncc(S(C)(=O)=O)c(Nc4cccc(N)c4)n3)cc2)ccn1. The molecule has 12 heteroatoms. The van der Waals surface area contributed by atoms with E-state index in [2.05, 4.69) is 30.9 Å². The number of rotatable bonds is 8. The molecule has 0 unspecified atom stereocenters. The lowest BCUT2D eigenvalue weighted by atomic mass is 10.3. The first kappa shape index (κ1) is 24.4. The number of nitrogen functional groups attached to an aromatic ring is 1. The number of hydrogen-bond acceptors (Lipinski definition) is 10. The summed E-state index contributed by atoms with van der Waals surface area (Å²) in [5.74, 6) is 0.983. The fourth-order valence-electron chi connectivity index (χ4n) is 3.14. The van der Waals surface area contributed by atoms with Crippen molar-refractivity contribution in [3.8, 4) is 11.5 Å². The summed E-state index contributed by atoms with van der Waals surface area (Å²) < 4.78 is 30.3. The normalized spacial score (nSPS) is 10.9. The van der Waals surface area contributed by atoms with Crippen LogP contribution in [-0.4, -0.2) is 42.6 Å². The minimum absolute atomic E-state index is 0.0484. The van der Waals surface area contributed by atoms with E-state index in [0.29, 0.717) is 28.6 Å². The van der Waals surface area contributed by atoms with Crippen molar-refractivity contribution >= 4 is 44.6 Å². The van der Waals surface area contributed by atoms with Gasteiger partial charge in [0.2, 0.25) is 5.95 Å². The van der Waals surface area contributed by atoms with Gasteiger partial charge in [-0.15, -0.1) is 0 Å². The fourth-order valence-corrected chi connectivity index (χ4v) is 3.84. The molecule has 4 aromatic rings. The quantitative estimate of drug-likeness (QED) is 0.261. The molecule has 0 saturated carbocycles. The molecular formula is C24H23N7O4S. The molecule has 36 heavy (non-hydrogen) atoms. The maximum Gasteiger partial charge on any atom is 0.269 e. The molecule has 0 atom stereocenters. The van der Waals surface area contributed by atoms with E-state index in [1.807, 2.05) is 0 Å². The molecule has 0 radical (unpaired) electrons. The summed E-state index contributed by atoms with van der Waals surface area (Å²) in [6, 6.07) is 17.0. The van der Waals surface area contributed by atoms with Gasteiger partial charge in [0.15, 0.2) is 15.7 Å². The minimum atomic E-state index is -3.59. The van der Waals surface area contributed by atoms with Crippen LogP contribution in [-0.2, 0) is 9.84 Å². The Morgan fingerprint density at radius 1 is 0.944 bits per heavy atom. The molecule has 0 aliphatic carbocycles. The molecule has 2 aromatic carbocycles. The predicted molar refractivity (Wildman–Crippen MR) is 137 cm³/mol. The van der Waals surface area contributed by atoms with Crippen LogP contribution >= 0.6 is 0 Å². The van der Waals surface area contributed by atoms with Crippen LogP contribution in [0.4, 0.5) is 28.8 Å². The third kappa shape index (κ3) is 6.04. The van der Waals surface area contributed by atoms with Crippen molar-refractivity contribution in [2.45, 2.75) is 4.90 Å². The Bertz CT molecular complexity index is 1510. The lowest BCUT2D eigenvalue weighted by Gasteiger charge is -2.13. The van der Waals surface area contributed by atoms with Crippen molar-refractivity contribution in [3.05, 3.63) is 78.8 Å². The Morgan fingerprint density at radius 2 is 1.72 bits per heavy atom. The molecule has 4 rings (SSSR count). The van der Waals surface area contributed by atoms with Gasteiger partial charge in [-0.1, -0.05) is 6.07 Å². The fraction of sp³-hybridized carbons (Fsp3) is 0.0833. The van der Waals surface area contributed by atoms with Gasteiger partial charge in [0, 0.05) is 42.6 Å². The topological polar surface area (TPSA) is 161 Å². The number of ether oxygens (including phenoxy) is 1.